The molecular formula is C19H18FN5O. The molecule has 1 amide bonds. The Labute approximate surface area is 150 Å². The maximum atomic E-state index is 13.1. The second-order valence-corrected chi connectivity index (χ2v) is 6.06. The number of rotatable bonds is 4. The molecule has 7 heteroatoms. The number of amides is 1. The van der Waals surface area contributed by atoms with Gasteiger partial charge in [0.05, 0.1) is 16.9 Å². The lowest BCUT2D eigenvalue weighted by atomic mass is 10.2. The molecule has 2 heterocycles. The van der Waals surface area contributed by atoms with Crippen molar-refractivity contribution in [2.24, 2.45) is 7.05 Å². The number of halogens is 1. The topological polar surface area (TPSA) is 75.6 Å². The average Bonchev–Trinajstić information content (AvgIpc) is 3.13. The zero-order valence-electron chi connectivity index (χ0n) is 14.7. The molecule has 0 atom stereocenters. The third-order valence-corrected chi connectivity index (χ3v) is 4.30. The van der Waals surface area contributed by atoms with Gasteiger partial charge in [0, 0.05) is 31.0 Å². The normalized spacial score (nSPS) is 10.6. The van der Waals surface area contributed by atoms with Crippen LogP contribution in [0.5, 0.6) is 0 Å². The molecule has 3 rings (SSSR count). The van der Waals surface area contributed by atoms with E-state index in [9.17, 15) is 9.18 Å². The van der Waals surface area contributed by atoms with Crippen LogP contribution in [0.4, 0.5) is 4.39 Å². The van der Waals surface area contributed by atoms with Crippen LogP contribution in [0.3, 0.4) is 0 Å². The van der Waals surface area contributed by atoms with E-state index in [0.29, 0.717) is 17.8 Å². The molecule has 0 bridgehead atoms. The van der Waals surface area contributed by atoms with Gasteiger partial charge in [-0.1, -0.05) is 0 Å². The molecule has 0 aliphatic carbocycles. The number of aromatic nitrogens is 3. The highest BCUT2D eigenvalue weighted by Crippen LogP contribution is 2.18. The molecule has 0 unspecified atom stereocenters. The van der Waals surface area contributed by atoms with Gasteiger partial charge in [-0.2, -0.15) is 10.4 Å². The first-order valence-electron chi connectivity index (χ1n) is 8.06. The monoisotopic (exact) mass is 351 g/mol. The highest BCUT2D eigenvalue weighted by Gasteiger charge is 2.16. The van der Waals surface area contributed by atoms with Crippen molar-refractivity contribution in [1.29, 1.82) is 5.26 Å². The zero-order chi connectivity index (χ0) is 18.8. The second-order valence-electron chi connectivity index (χ2n) is 6.06. The van der Waals surface area contributed by atoms with Crippen LogP contribution in [0.15, 0.2) is 36.5 Å². The lowest BCUT2D eigenvalue weighted by molar-refractivity contribution is 0.0942. The van der Waals surface area contributed by atoms with E-state index < -0.39 is 0 Å². The Morgan fingerprint density at radius 3 is 2.62 bits per heavy atom. The van der Waals surface area contributed by atoms with E-state index >= 15 is 0 Å². The minimum atomic E-state index is -0.304. The van der Waals surface area contributed by atoms with Crippen LogP contribution in [0, 0.1) is 31.0 Å². The number of nitrogens with one attached hydrogen (secondary N) is 1. The lowest BCUT2D eigenvalue weighted by Crippen LogP contribution is -2.25. The first-order valence-corrected chi connectivity index (χ1v) is 8.06. The average molecular weight is 351 g/mol. The molecule has 0 saturated heterocycles. The fraction of sp³-hybridized carbons (Fsp3) is 0.211. The molecule has 1 aromatic carbocycles. The van der Waals surface area contributed by atoms with Crippen LogP contribution < -0.4 is 5.32 Å². The minimum absolute atomic E-state index is 0.262. The van der Waals surface area contributed by atoms with E-state index in [2.05, 4.69) is 10.4 Å². The summed E-state index contributed by atoms with van der Waals surface area (Å²) in [6.45, 7) is 4.08. The molecular weight excluding hydrogens is 333 g/mol. The van der Waals surface area contributed by atoms with Crippen molar-refractivity contribution in [2.75, 3.05) is 0 Å². The van der Waals surface area contributed by atoms with Gasteiger partial charge >= 0.3 is 0 Å². The van der Waals surface area contributed by atoms with Crippen molar-refractivity contribution >= 4 is 5.91 Å². The Morgan fingerprint density at radius 2 is 2.00 bits per heavy atom. The van der Waals surface area contributed by atoms with Gasteiger partial charge in [0.15, 0.2) is 0 Å². The zero-order valence-corrected chi connectivity index (χ0v) is 14.7. The molecule has 26 heavy (non-hydrogen) atoms. The van der Waals surface area contributed by atoms with Gasteiger partial charge < -0.3 is 9.88 Å². The highest BCUT2D eigenvalue weighted by molar-refractivity contribution is 5.93. The maximum absolute atomic E-state index is 13.1. The summed E-state index contributed by atoms with van der Waals surface area (Å²) in [6.07, 6.45) is 1.61. The van der Waals surface area contributed by atoms with Crippen molar-refractivity contribution in [3.8, 4) is 11.8 Å². The number of hydrogen-bond acceptors (Lipinski definition) is 3. The molecule has 132 valence electrons. The van der Waals surface area contributed by atoms with Crippen molar-refractivity contribution in [2.45, 2.75) is 20.4 Å². The Hall–Kier alpha value is -3.40. The van der Waals surface area contributed by atoms with Crippen LogP contribution in [0.25, 0.3) is 5.69 Å². The van der Waals surface area contributed by atoms with Gasteiger partial charge in [-0.05, 0) is 44.2 Å². The smallest absolute Gasteiger partial charge is 0.268 e. The quantitative estimate of drug-likeness (QED) is 0.785. The van der Waals surface area contributed by atoms with Crippen molar-refractivity contribution in [3.05, 3.63) is 70.6 Å². The fourth-order valence-electron chi connectivity index (χ4n) is 2.88. The molecule has 6 nitrogen and oxygen atoms in total. The summed E-state index contributed by atoms with van der Waals surface area (Å²) in [6, 6.07) is 9.66. The number of nitrogens with zero attached hydrogens (tertiary/aromatic N) is 4. The summed E-state index contributed by atoms with van der Waals surface area (Å²) in [5.74, 6) is -0.565. The lowest BCUT2D eigenvalue weighted by Gasteiger charge is -2.08. The SMILES string of the molecule is Cc1nn(-c2ccc(F)cc2)c(C)c1CNC(=O)c1cc(C#N)cn1C. The minimum Gasteiger partial charge on any atom is -0.347 e. The molecule has 1 N–H and O–H groups in total. The summed E-state index contributed by atoms with van der Waals surface area (Å²) >= 11 is 0. The number of aryl methyl sites for hydroxylation is 2. The fourth-order valence-corrected chi connectivity index (χ4v) is 2.88. The Balaban J connectivity index is 1.80. The van der Waals surface area contributed by atoms with E-state index in [1.54, 1.807) is 40.7 Å². The first-order chi connectivity index (χ1) is 12.4. The van der Waals surface area contributed by atoms with Gasteiger partial charge in [0.25, 0.3) is 5.91 Å². The highest BCUT2D eigenvalue weighted by atomic mass is 19.1. The van der Waals surface area contributed by atoms with Gasteiger partial charge in [-0.3, -0.25) is 4.79 Å². The summed E-state index contributed by atoms with van der Waals surface area (Å²) in [5.41, 5.74) is 4.18. The second kappa shape index (κ2) is 6.84. The Kier molecular flexibility index (Phi) is 4.59. The predicted molar refractivity (Wildman–Crippen MR) is 94.3 cm³/mol. The summed E-state index contributed by atoms with van der Waals surface area (Å²) in [5, 5.41) is 16.3. The summed E-state index contributed by atoms with van der Waals surface area (Å²) in [4.78, 5) is 12.4. The van der Waals surface area contributed by atoms with Gasteiger partial charge in [0.1, 0.15) is 17.6 Å². The summed E-state index contributed by atoms with van der Waals surface area (Å²) < 4.78 is 16.5. The predicted octanol–water partition coefficient (Wildman–Crippen LogP) is 2.77. The molecule has 2 aromatic heterocycles. The molecule has 0 aliphatic rings. The standard InChI is InChI=1S/C19H18FN5O/c1-12-17(10-22-19(26)18-8-14(9-21)11-24(18)3)13(2)25(23-12)16-6-4-15(20)5-7-16/h4-8,11H,10H2,1-3H3,(H,22,26). The molecule has 0 fully saturated rings. The first kappa shape index (κ1) is 17.4. The molecule has 0 spiro atoms. The number of hydrogen-bond donors (Lipinski definition) is 1. The van der Waals surface area contributed by atoms with Crippen LogP contribution in [0.2, 0.25) is 0 Å². The van der Waals surface area contributed by atoms with Crippen LogP contribution in [-0.4, -0.2) is 20.3 Å². The molecule has 0 radical (unpaired) electrons. The van der Waals surface area contributed by atoms with Crippen LogP contribution in [-0.2, 0) is 13.6 Å². The van der Waals surface area contributed by atoms with E-state index in [0.717, 1.165) is 22.6 Å². The Morgan fingerprint density at radius 1 is 1.31 bits per heavy atom. The number of carbonyl (C=O) groups excluding carboxylic acids is 1. The third kappa shape index (κ3) is 3.22. The maximum Gasteiger partial charge on any atom is 0.268 e. The third-order valence-electron chi connectivity index (χ3n) is 4.30. The van der Waals surface area contributed by atoms with Gasteiger partial charge in [0.2, 0.25) is 0 Å². The van der Waals surface area contributed by atoms with Crippen LogP contribution >= 0.6 is 0 Å². The number of carbonyl (C=O) groups is 1. The number of benzene rings is 1. The summed E-state index contributed by atoms with van der Waals surface area (Å²) in [7, 11) is 1.72. The van der Waals surface area contributed by atoms with Gasteiger partial charge in [-0.25, -0.2) is 9.07 Å². The molecule has 3 aromatic rings. The van der Waals surface area contributed by atoms with E-state index in [4.69, 9.17) is 5.26 Å². The number of nitriles is 1. The van der Waals surface area contributed by atoms with E-state index in [-0.39, 0.29) is 11.7 Å². The van der Waals surface area contributed by atoms with Crippen molar-refractivity contribution in [1.82, 2.24) is 19.7 Å². The van der Waals surface area contributed by atoms with E-state index in [1.807, 2.05) is 19.9 Å². The molecule has 0 saturated carbocycles. The van der Waals surface area contributed by atoms with Crippen molar-refractivity contribution in [3.63, 3.8) is 0 Å². The van der Waals surface area contributed by atoms with Crippen molar-refractivity contribution < 1.29 is 9.18 Å². The Bertz CT molecular complexity index is 1010. The molecule has 0 aliphatic heterocycles. The van der Waals surface area contributed by atoms with Gasteiger partial charge in [-0.15, -0.1) is 0 Å². The van der Waals surface area contributed by atoms with E-state index in [1.165, 1.54) is 12.1 Å². The largest absolute Gasteiger partial charge is 0.347 e. The van der Waals surface area contributed by atoms with Crippen LogP contribution in [0.1, 0.15) is 33.0 Å².